The number of ether oxygens (including phenoxy) is 2. The Morgan fingerprint density at radius 2 is 1.96 bits per heavy atom. The van der Waals surface area contributed by atoms with Crippen LogP contribution in [0.1, 0.15) is 26.0 Å². The Morgan fingerprint density at radius 1 is 1.29 bits per heavy atom. The highest BCUT2D eigenvalue weighted by Gasteiger charge is 2.43. The molecule has 2 saturated heterocycles. The number of pyridine rings is 1. The van der Waals surface area contributed by atoms with Crippen molar-refractivity contribution in [2.24, 2.45) is 0 Å². The lowest BCUT2D eigenvalue weighted by molar-refractivity contribution is -0.144. The van der Waals surface area contributed by atoms with Gasteiger partial charge in [0, 0.05) is 27.1 Å². The number of hydrogen-bond acceptors (Lipinski definition) is 5. The zero-order valence-electron chi connectivity index (χ0n) is 13.0. The van der Waals surface area contributed by atoms with E-state index in [9.17, 15) is 21.9 Å². The van der Waals surface area contributed by atoms with Crippen molar-refractivity contribution < 1.29 is 36.3 Å². The smallest absolute Gasteiger partial charge is 0.345 e. The summed E-state index contributed by atoms with van der Waals surface area (Å²) in [5.74, 6) is 0.239. The van der Waals surface area contributed by atoms with E-state index >= 15 is 0 Å². The number of aromatic nitrogens is 1. The van der Waals surface area contributed by atoms with Crippen LogP contribution in [0.2, 0.25) is 0 Å². The van der Waals surface area contributed by atoms with Gasteiger partial charge in [-0.1, -0.05) is 6.07 Å². The lowest BCUT2D eigenvalue weighted by atomic mass is 10.2. The summed E-state index contributed by atoms with van der Waals surface area (Å²) >= 11 is 0. The lowest BCUT2D eigenvalue weighted by Crippen LogP contribution is -2.35. The van der Waals surface area contributed by atoms with Gasteiger partial charge in [-0.2, -0.15) is 13.2 Å². The average Bonchev–Trinajstić information content (AvgIpc) is 2.80. The molecule has 0 saturated carbocycles. The molecule has 2 aliphatic heterocycles. The van der Waals surface area contributed by atoms with E-state index in [-0.39, 0.29) is 12.2 Å². The summed E-state index contributed by atoms with van der Waals surface area (Å²) in [4.78, 5) is 5.88. The molecule has 3 heterocycles. The van der Waals surface area contributed by atoms with Gasteiger partial charge in [0.25, 0.3) is 5.88 Å². The average molecular weight is 371 g/mol. The van der Waals surface area contributed by atoms with Crippen molar-refractivity contribution in [3.8, 4) is 5.88 Å². The molecule has 0 amide bonds. The molecule has 0 bridgehead atoms. The molecule has 1 aromatic rings. The summed E-state index contributed by atoms with van der Waals surface area (Å²) in [5.41, 5.74) is -1.18. The Labute approximate surface area is 138 Å². The zero-order chi connectivity index (χ0) is 18.0. The summed E-state index contributed by atoms with van der Waals surface area (Å²) < 4.78 is 69.4. The first-order valence-corrected chi connectivity index (χ1v) is 8.63. The SMILES string of the molecule is CC1(C)OC2CCS(=O)CC2O1.FOc1cccc(C(F)(F)F)n1. The summed E-state index contributed by atoms with van der Waals surface area (Å²) in [6.45, 7) is 3.82. The van der Waals surface area contributed by atoms with E-state index in [1.807, 2.05) is 13.8 Å². The number of alkyl halides is 3. The minimum atomic E-state index is -4.57. The molecule has 5 nitrogen and oxygen atoms in total. The van der Waals surface area contributed by atoms with E-state index < -0.39 is 34.3 Å². The molecule has 136 valence electrons. The normalized spacial score (nSPS) is 28.5. The predicted octanol–water partition coefficient (Wildman–Crippen LogP) is 3.02. The van der Waals surface area contributed by atoms with Crippen LogP contribution in [0.25, 0.3) is 0 Å². The fourth-order valence-corrected chi connectivity index (χ4v) is 3.74. The Balaban J connectivity index is 0.000000174. The van der Waals surface area contributed by atoms with Crippen LogP contribution in [-0.4, -0.2) is 38.7 Å². The summed E-state index contributed by atoms with van der Waals surface area (Å²) in [6.07, 6.45) is -3.46. The minimum Gasteiger partial charge on any atom is -0.345 e. The van der Waals surface area contributed by atoms with Crippen molar-refractivity contribution in [1.82, 2.24) is 4.98 Å². The second-order valence-corrected chi connectivity index (χ2v) is 7.37. The van der Waals surface area contributed by atoms with Crippen molar-refractivity contribution in [3.63, 3.8) is 0 Å². The Morgan fingerprint density at radius 3 is 2.58 bits per heavy atom. The van der Waals surface area contributed by atoms with Crippen LogP contribution in [0.4, 0.5) is 17.7 Å². The van der Waals surface area contributed by atoms with Crippen LogP contribution in [-0.2, 0) is 26.4 Å². The van der Waals surface area contributed by atoms with E-state index in [0.29, 0.717) is 5.75 Å². The molecule has 2 fully saturated rings. The van der Waals surface area contributed by atoms with Crippen molar-refractivity contribution in [2.75, 3.05) is 11.5 Å². The summed E-state index contributed by atoms with van der Waals surface area (Å²) in [7, 11) is -0.689. The van der Waals surface area contributed by atoms with Crippen LogP contribution in [0.5, 0.6) is 5.88 Å². The third kappa shape index (κ3) is 5.12. The van der Waals surface area contributed by atoms with Gasteiger partial charge in [0.05, 0.1) is 18.0 Å². The molecule has 0 N–H and O–H groups in total. The second-order valence-electron chi connectivity index (χ2n) is 5.75. The maximum Gasteiger partial charge on any atom is 0.433 e. The van der Waals surface area contributed by atoms with Crippen LogP contribution in [0, 0.1) is 0 Å². The highest BCUT2D eigenvalue weighted by atomic mass is 32.2. The van der Waals surface area contributed by atoms with Crippen LogP contribution in [0.15, 0.2) is 18.2 Å². The van der Waals surface area contributed by atoms with Gasteiger partial charge in [-0.25, -0.2) is 4.98 Å². The van der Waals surface area contributed by atoms with Gasteiger partial charge < -0.3 is 9.47 Å². The first-order chi connectivity index (χ1) is 11.1. The topological polar surface area (TPSA) is 57.7 Å². The maximum atomic E-state index is 11.9. The van der Waals surface area contributed by atoms with Crippen LogP contribution < -0.4 is 4.94 Å². The largest absolute Gasteiger partial charge is 0.433 e. The minimum absolute atomic E-state index is 0.0644. The Hall–Kier alpha value is -1.26. The first-order valence-electron chi connectivity index (χ1n) is 7.14. The second kappa shape index (κ2) is 7.32. The Kier molecular flexibility index (Phi) is 5.82. The molecule has 0 aromatic carbocycles. The lowest BCUT2D eigenvalue weighted by Gasteiger charge is -2.20. The van der Waals surface area contributed by atoms with E-state index in [0.717, 1.165) is 30.4 Å². The van der Waals surface area contributed by atoms with E-state index in [2.05, 4.69) is 9.93 Å². The van der Waals surface area contributed by atoms with Gasteiger partial charge >= 0.3 is 6.18 Å². The van der Waals surface area contributed by atoms with Crippen molar-refractivity contribution in [3.05, 3.63) is 23.9 Å². The van der Waals surface area contributed by atoms with Crippen LogP contribution in [0.3, 0.4) is 0 Å². The van der Waals surface area contributed by atoms with E-state index in [1.165, 1.54) is 0 Å². The summed E-state index contributed by atoms with van der Waals surface area (Å²) in [6, 6.07) is 2.71. The number of rotatable bonds is 1. The molecular formula is C14H17F4NO4S. The van der Waals surface area contributed by atoms with Gasteiger partial charge in [-0.3, -0.25) is 9.15 Å². The Bertz CT molecular complexity index is 596. The van der Waals surface area contributed by atoms with E-state index in [4.69, 9.17) is 9.47 Å². The molecule has 2 aliphatic rings. The standard InChI is InChI=1S/C8H14O3S.C6H3F4NO/c1-8(2)10-6-3-4-12(9)5-7(6)11-8;7-6(8,9)4-2-1-3-5(11-4)12-10/h6-7H,3-5H2,1-2H3;1-3H. The highest BCUT2D eigenvalue weighted by Crippen LogP contribution is 2.32. The molecule has 24 heavy (non-hydrogen) atoms. The van der Waals surface area contributed by atoms with Crippen molar-refractivity contribution in [1.29, 1.82) is 0 Å². The molecular weight excluding hydrogens is 354 g/mol. The number of fused-ring (bicyclic) bond motifs is 1. The fourth-order valence-electron chi connectivity index (χ4n) is 2.42. The monoisotopic (exact) mass is 371 g/mol. The van der Waals surface area contributed by atoms with Crippen LogP contribution >= 0.6 is 0 Å². The summed E-state index contributed by atoms with van der Waals surface area (Å²) in [5, 5.41) is 0. The fraction of sp³-hybridized carbons (Fsp3) is 0.643. The highest BCUT2D eigenvalue weighted by molar-refractivity contribution is 7.85. The molecule has 3 unspecified atom stereocenters. The molecule has 3 rings (SSSR count). The van der Waals surface area contributed by atoms with E-state index in [1.54, 1.807) is 0 Å². The van der Waals surface area contributed by atoms with Crippen molar-refractivity contribution in [2.45, 2.75) is 44.4 Å². The first kappa shape index (κ1) is 19.1. The van der Waals surface area contributed by atoms with Gasteiger partial charge in [-0.15, -0.1) is 0 Å². The predicted molar refractivity (Wildman–Crippen MR) is 77.3 cm³/mol. The molecule has 0 radical (unpaired) electrons. The molecule has 3 atom stereocenters. The third-order valence-electron chi connectivity index (χ3n) is 3.36. The molecule has 1 aromatic heterocycles. The van der Waals surface area contributed by atoms with Gasteiger partial charge in [-0.05, 0) is 26.3 Å². The zero-order valence-corrected chi connectivity index (χ0v) is 13.8. The molecule has 0 aliphatic carbocycles. The van der Waals surface area contributed by atoms with Gasteiger partial charge in [0.1, 0.15) is 5.69 Å². The van der Waals surface area contributed by atoms with Crippen molar-refractivity contribution >= 4 is 10.8 Å². The number of nitrogens with zero attached hydrogens (tertiary/aromatic N) is 1. The number of hydrogen-bond donors (Lipinski definition) is 0. The quantitative estimate of drug-likeness (QED) is 0.711. The third-order valence-corrected chi connectivity index (χ3v) is 4.75. The van der Waals surface area contributed by atoms with Gasteiger partial charge in [0.2, 0.25) is 0 Å². The molecule has 10 heteroatoms. The van der Waals surface area contributed by atoms with Gasteiger partial charge in [0.15, 0.2) is 5.79 Å². The number of halogens is 4. The molecule has 0 spiro atoms. The maximum absolute atomic E-state index is 11.9.